The summed E-state index contributed by atoms with van der Waals surface area (Å²) in [4.78, 5) is 21.3. The van der Waals surface area contributed by atoms with Crippen molar-refractivity contribution in [1.82, 2.24) is 9.97 Å². The minimum Gasteiger partial charge on any atom is -0.466 e. The number of nitrogens with one attached hydrogen (secondary N) is 1. The van der Waals surface area contributed by atoms with E-state index in [2.05, 4.69) is 15.3 Å². The number of fused-ring (bicyclic) bond motifs is 4. The second kappa shape index (κ2) is 6.79. The van der Waals surface area contributed by atoms with E-state index in [9.17, 15) is 4.79 Å². The minimum atomic E-state index is -0.111. The standard InChI is InChI=1S/C19H22ClN3O2/c1-2-25-18(24)15-11-7-9-12(10-8-11)16(15)22-17-13-5-3-4-6-14(13)21-19(20)23-17/h3-6,11-12,15-16H,2,7-10H2,1H3,(H,21,22,23)/t11?,12?,15-,16-/m1/s1. The van der Waals surface area contributed by atoms with Gasteiger partial charge >= 0.3 is 5.97 Å². The zero-order valence-electron chi connectivity index (χ0n) is 14.2. The van der Waals surface area contributed by atoms with Crippen LogP contribution in [0.15, 0.2) is 24.3 Å². The van der Waals surface area contributed by atoms with Gasteiger partial charge in [0.1, 0.15) is 5.82 Å². The van der Waals surface area contributed by atoms with Crippen LogP contribution in [-0.2, 0) is 9.53 Å². The van der Waals surface area contributed by atoms with Gasteiger partial charge in [0.2, 0.25) is 5.28 Å². The summed E-state index contributed by atoms with van der Waals surface area (Å²) in [5.41, 5.74) is 0.804. The molecule has 0 radical (unpaired) electrons. The number of ether oxygens (including phenoxy) is 1. The number of esters is 1. The monoisotopic (exact) mass is 359 g/mol. The fourth-order valence-electron chi connectivity index (χ4n) is 4.55. The normalized spacial score (nSPS) is 28.1. The van der Waals surface area contributed by atoms with Crippen molar-refractivity contribution < 1.29 is 9.53 Å². The molecule has 0 aliphatic heterocycles. The summed E-state index contributed by atoms with van der Waals surface area (Å²) in [5, 5.41) is 4.69. The van der Waals surface area contributed by atoms with Gasteiger partial charge in [-0.05, 0) is 68.2 Å². The molecule has 0 amide bonds. The number of halogens is 1. The maximum atomic E-state index is 12.6. The molecule has 2 aromatic rings. The Morgan fingerprint density at radius 1 is 1.20 bits per heavy atom. The molecule has 1 N–H and O–H groups in total. The van der Waals surface area contributed by atoms with Crippen molar-refractivity contribution in [3.8, 4) is 0 Å². The molecule has 132 valence electrons. The van der Waals surface area contributed by atoms with E-state index in [1.807, 2.05) is 31.2 Å². The van der Waals surface area contributed by atoms with Crippen LogP contribution in [-0.4, -0.2) is 28.6 Å². The average Bonchev–Trinajstić information content (AvgIpc) is 2.62. The highest BCUT2D eigenvalue weighted by Crippen LogP contribution is 2.47. The number of rotatable bonds is 4. The second-order valence-corrected chi connectivity index (χ2v) is 7.32. The van der Waals surface area contributed by atoms with Crippen molar-refractivity contribution in [3.63, 3.8) is 0 Å². The van der Waals surface area contributed by atoms with Gasteiger partial charge in [-0.15, -0.1) is 0 Å². The van der Waals surface area contributed by atoms with Crippen molar-refractivity contribution in [3.05, 3.63) is 29.5 Å². The predicted molar refractivity (Wildman–Crippen MR) is 97.5 cm³/mol. The molecule has 2 bridgehead atoms. The van der Waals surface area contributed by atoms with E-state index < -0.39 is 0 Å². The number of nitrogens with zero attached hydrogens (tertiary/aromatic N) is 2. The largest absolute Gasteiger partial charge is 0.466 e. The number of para-hydroxylation sites is 1. The van der Waals surface area contributed by atoms with Crippen LogP contribution in [0.4, 0.5) is 5.82 Å². The predicted octanol–water partition coefficient (Wildman–Crippen LogP) is 4.06. The van der Waals surface area contributed by atoms with Crippen LogP contribution in [0.2, 0.25) is 5.28 Å². The number of hydrogen-bond donors (Lipinski definition) is 1. The molecular formula is C19H22ClN3O2. The molecule has 1 aromatic heterocycles. The van der Waals surface area contributed by atoms with E-state index >= 15 is 0 Å². The Labute approximate surface area is 152 Å². The molecule has 3 fully saturated rings. The van der Waals surface area contributed by atoms with Gasteiger partial charge in [0.15, 0.2) is 0 Å². The Morgan fingerprint density at radius 3 is 2.68 bits per heavy atom. The van der Waals surface area contributed by atoms with Gasteiger partial charge in [-0.3, -0.25) is 4.79 Å². The van der Waals surface area contributed by atoms with Crippen molar-refractivity contribution in [1.29, 1.82) is 0 Å². The molecule has 3 saturated carbocycles. The molecule has 6 heteroatoms. The summed E-state index contributed by atoms with van der Waals surface area (Å²) in [7, 11) is 0. The number of carbonyl (C=O) groups excluding carboxylic acids is 1. The third-order valence-corrected chi connectivity index (χ3v) is 5.83. The van der Waals surface area contributed by atoms with Crippen LogP contribution in [0.25, 0.3) is 10.9 Å². The van der Waals surface area contributed by atoms with Gasteiger partial charge in [-0.25, -0.2) is 9.97 Å². The third-order valence-electron chi connectivity index (χ3n) is 5.66. The number of benzene rings is 1. The lowest BCUT2D eigenvalue weighted by Gasteiger charge is -2.47. The van der Waals surface area contributed by atoms with Gasteiger partial charge < -0.3 is 10.1 Å². The molecule has 0 spiro atoms. The molecule has 0 saturated heterocycles. The Bertz CT molecular complexity index is 789. The summed E-state index contributed by atoms with van der Waals surface area (Å²) < 4.78 is 5.38. The van der Waals surface area contributed by atoms with E-state index in [-0.39, 0.29) is 23.2 Å². The maximum absolute atomic E-state index is 12.6. The number of carbonyl (C=O) groups is 1. The Balaban J connectivity index is 1.69. The fraction of sp³-hybridized carbons (Fsp3) is 0.526. The van der Waals surface area contributed by atoms with Gasteiger partial charge in [-0.1, -0.05) is 12.1 Å². The number of hydrogen-bond acceptors (Lipinski definition) is 5. The van der Waals surface area contributed by atoms with E-state index in [1.165, 1.54) is 0 Å². The maximum Gasteiger partial charge on any atom is 0.311 e. The van der Waals surface area contributed by atoms with E-state index in [0.717, 1.165) is 36.6 Å². The first-order chi connectivity index (χ1) is 12.2. The van der Waals surface area contributed by atoms with E-state index in [0.29, 0.717) is 24.3 Å². The van der Waals surface area contributed by atoms with Crippen LogP contribution < -0.4 is 5.32 Å². The highest BCUT2D eigenvalue weighted by molar-refractivity contribution is 6.28. The van der Waals surface area contributed by atoms with Crippen LogP contribution in [0.5, 0.6) is 0 Å². The molecule has 0 unspecified atom stereocenters. The third kappa shape index (κ3) is 3.06. The second-order valence-electron chi connectivity index (χ2n) is 6.98. The summed E-state index contributed by atoms with van der Waals surface area (Å²) in [6.45, 7) is 2.28. The van der Waals surface area contributed by atoms with E-state index in [1.54, 1.807) is 0 Å². The zero-order valence-corrected chi connectivity index (χ0v) is 15.0. The highest BCUT2D eigenvalue weighted by Gasteiger charge is 2.48. The zero-order chi connectivity index (χ0) is 17.4. The SMILES string of the molecule is CCOC(=O)[C@@H]1C2CCC(CC2)[C@H]1Nc1nc(Cl)nc2ccccc12. The summed E-state index contributed by atoms with van der Waals surface area (Å²) in [5.74, 6) is 1.37. The summed E-state index contributed by atoms with van der Waals surface area (Å²) in [6, 6.07) is 7.83. The first-order valence-electron chi connectivity index (χ1n) is 9.03. The summed E-state index contributed by atoms with van der Waals surface area (Å²) in [6.07, 6.45) is 4.51. The lowest BCUT2D eigenvalue weighted by atomic mass is 9.61. The Kier molecular flexibility index (Phi) is 4.50. The van der Waals surface area contributed by atoms with Gasteiger partial charge in [0.05, 0.1) is 18.0 Å². The molecule has 1 heterocycles. The topological polar surface area (TPSA) is 64.1 Å². The first kappa shape index (κ1) is 16.6. The Morgan fingerprint density at radius 2 is 1.92 bits per heavy atom. The first-order valence-corrected chi connectivity index (χ1v) is 9.40. The molecular weight excluding hydrogens is 338 g/mol. The van der Waals surface area contributed by atoms with Crippen LogP contribution >= 0.6 is 11.6 Å². The fourth-order valence-corrected chi connectivity index (χ4v) is 4.73. The Hall–Kier alpha value is -1.88. The van der Waals surface area contributed by atoms with Gasteiger partial charge in [0.25, 0.3) is 0 Å². The molecule has 3 aliphatic rings. The van der Waals surface area contributed by atoms with Crippen LogP contribution in [0, 0.1) is 17.8 Å². The lowest BCUT2D eigenvalue weighted by molar-refractivity contribution is -0.154. The molecule has 25 heavy (non-hydrogen) atoms. The quantitative estimate of drug-likeness (QED) is 0.658. The number of aromatic nitrogens is 2. The summed E-state index contributed by atoms with van der Waals surface area (Å²) >= 11 is 6.12. The van der Waals surface area contributed by atoms with Gasteiger partial charge in [0, 0.05) is 11.4 Å². The van der Waals surface area contributed by atoms with Gasteiger partial charge in [-0.2, -0.15) is 0 Å². The van der Waals surface area contributed by atoms with Crippen molar-refractivity contribution >= 4 is 34.3 Å². The molecule has 5 rings (SSSR count). The molecule has 3 aliphatic carbocycles. The highest BCUT2D eigenvalue weighted by atomic mass is 35.5. The average molecular weight is 360 g/mol. The molecule has 1 aromatic carbocycles. The van der Waals surface area contributed by atoms with Crippen LogP contribution in [0.3, 0.4) is 0 Å². The van der Waals surface area contributed by atoms with Crippen molar-refractivity contribution in [2.75, 3.05) is 11.9 Å². The molecule has 2 atom stereocenters. The molecule has 5 nitrogen and oxygen atoms in total. The minimum absolute atomic E-state index is 0.0425. The van der Waals surface area contributed by atoms with Crippen molar-refractivity contribution in [2.24, 2.45) is 17.8 Å². The van der Waals surface area contributed by atoms with E-state index in [4.69, 9.17) is 16.3 Å². The lowest BCUT2D eigenvalue weighted by Crippen LogP contribution is -2.52. The van der Waals surface area contributed by atoms with Crippen molar-refractivity contribution in [2.45, 2.75) is 38.6 Å². The number of anilines is 1. The van der Waals surface area contributed by atoms with Crippen LogP contribution in [0.1, 0.15) is 32.6 Å². The smallest absolute Gasteiger partial charge is 0.311 e.